The number of benzene rings is 8. The van der Waals surface area contributed by atoms with Crippen molar-refractivity contribution in [2.24, 2.45) is 0 Å². The van der Waals surface area contributed by atoms with Gasteiger partial charge in [-0.15, -0.1) is 0 Å². The Morgan fingerprint density at radius 3 is 1.94 bits per heavy atom. The quantitative estimate of drug-likeness (QED) is 0.115. The molecular weight excluding hydrogens is 712 g/mol. The lowest BCUT2D eigenvalue weighted by Gasteiger charge is -2.19. The second-order valence-corrected chi connectivity index (χ2v) is 12.7. The fraction of sp³-hybridized carbons (Fsp3) is 0. The molecule has 0 unspecified atom stereocenters. The highest BCUT2D eigenvalue weighted by molar-refractivity contribution is 9.13. The maximum absolute atomic E-state index is 13.9. The van der Waals surface area contributed by atoms with Gasteiger partial charge in [-0.1, -0.05) is 34.1 Å². The van der Waals surface area contributed by atoms with E-state index < -0.39 is 0 Å². The molecule has 0 saturated heterocycles. The van der Waals surface area contributed by atoms with Crippen molar-refractivity contribution in [1.29, 1.82) is 0 Å². The predicted octanol–water partition coefficient (Wildman–Crippen LogP) is 9.84. The van der Waals surface area contributed by atoms with E-state index in [1.54, 1.807) is 0 Å². The van der Waals surface area contributed by atoms with Gasteiger partial charge in [-0.2, -0.15) is 0 Å². The van der Waals surface area contributed by atoms with Crippen LogP contribution >= 0.6 is 63.7 Å². The van der Waals surface area contributed by atoms with Gasteiger partial charge in [0.15, 0.2) is 10.9 Å². The Labute approximate surface area is 236 Å². The fourth-order valence-electron chi connectivity index (χ4n) is 6.11. The summed E-state index contributed by atoms with van der Waals surface area (Å²) in [5, 5.41) is 12.8. The molecule has 6 heteroatoms. The van der Waals surface area contributed by atoms with E-state index in [1.807, 2.05) is 48.5 Å². The number of hydrogen-bond acceptors (Lipinski definition) is 2. The van der Waals surface area contributed by atoms with E-state index in [9.17, 15) is 9.59 Å². The van der Waals surface area contributed by atoms with Crippen molar-refractivity contribution in [3.8, 4) is 0 Å². The highest BCUT2D eigenvalue weighted by Gasteiger charge is 2.24. The van der Waals surface area contributed by atoms with Gasteiger partial charge < -0.3 is 0 Å². The molecule has 0 bridgehead atoms. The molecule has 0 aliphatic heterocycles. The van der Waals surface area contributed by atoms with Crippen LogP contribution in [0.4, 0.5) is 0 Å². The summed E-state index contributed by atoms with van der Waals surface area (Å²) in [7, 11) is 0. The normalized spacial score (nSPS) is 12.7. The summed E-state index contributed by atoms with van der Waals surface area (Å²) < 4.78 is 3.25. The SMILES string of the molecule is O=c1c2cc(Br)ccc2c2cc3cc(Br)c4c(=O)c5c(Br)c(Br)ccc5c5cc6ccc1c2c6c3c45. The summed E-state index contributed by atoms with van der Waals surface area (Å²) in [5.74, 6) is 0. The van der Waals surface area contributed by atoms with Crippen LogP contribution in [-0.2, 0) is 0 Å². The second kappa shape index (κ2) is 7.13. The van der Waals surface area contributed by atoms with Crippen LogP contribution in [-0.4, -0.2) is 0 Å². The first kappa shape index (κ1) is 21.7. The third kappa shape index (κ3) is 2.51. The van der Waals surface area contributed by atoms with Crippen LogP contribution in [0.25, 0.3) is 75.4 Å². The molecular formula is C30H10Br4O2. The number of hydrogen-bond donors (Lipinski definition) is 0. The largest absolute Gasteiger partial charge is 0.289 e. The van der Waals surface area contributed by atoms with E-state index in [4.69, 9.17) is 0 Å². The van der Waals surface area contributed by atoms with Crippen molar-refractivity contribution in [2.75, 3.05) is 0 Å². The molecule has 0 saturated carbocycles. The molecule has 170 valence electrons. The van der Waals surface area contributed by atoms with Gasteiger partial charge in [-0.25, -0.2) is 0 Å². The smallest absolute Gasteiger partial charge is 0.196 e. The Morgan fingerprint density at radius 1 is 0.417 bits per heavy atom. The van der Waals surface area contributed by atoms with Crippen LogP contribution in [0.3, 0.4) is 0 Å². The molecule has 8 aromatic rings. The number of rotatable bonds is 0. The van der Waals surface area contributed by atoms with Gasteiger partial charge in [-0.05, 0) is 133 Å². The Hall–Kier alpha value is -2.38. The van der Waals surface area contributed by atoms with E-state index in [-0.39, 0.29) is 10.9 Å². The average Bonchev–Trinajstić information content (AvgIpc) is 2.86. The number of fused-ring (bicyclic) bond motifs is 4. The first-order chi connectivity index (χ1) is 17.3. The Morgan fingerprint density at radius 2 is 1.11 bits per heavy atom. The van der Waals surface area contributed by atoms with Gasteiger partial charge in [0.25, 0.3) is 0 Å². The third-order valence-electron chi connectivity index (χ3n) is 7.54. The Balaban J connectivity index is 1.78. The van der Waals surface area contributed by atoms with Crippen molar-refractivity contribution in [2.45, 2.75) is 0 Å². The van der Waals surface area contributed by atoms with E-state index >= 15 is 0 Å². The lowest BCUT2D eigenvalue weighted by molar-refractivity contribution is 1.64. The zero-order valence-electron chi connectivity index (χ0n) is 18.1. The van der Waals surface area contributed by atoms with Gasteiger partial charge in [0.2, 0.25) is 0 Å². The van der Waals surface area contributed by atoms with Crippen molar-refractivity contribution in [3.63, 3.8) is 0 Å². The van der Waals surface area contributed by atoms with Gasteiger partial charge >= 0.3 is 0 Å². The maximum atomic E-state index is 13.9. The van der Waals surface area contributed by atoms with E-state index in [2.05, 4.69) is 75.9 Å². The summed E-state index contributed by atoms with van der Waals surface area (Å²) in [6.07, 6.45) is 0. The zero-order chi connectivity index (χ0) is 24.6. The van der Waals surface area contributed by atoms with Crippen LogP contribution < -0.4 is 10.9 Å². The monoisotopic (exact) mass is 718 g/mol. The lowest BCUT2D eigenvalue weighted by Crippen LogP contribution is -2.07. The lowest BCUT2D eigenvalue weighted by atomic mass is 9.84. The predicted molar refractivity (Wildman–Crippen MR) is 166 cm³/mol. The molecule has 0 amide bonds. The summed E-state index contributed by atoms with van der Waals surface area (Å²) in [4.78, 5) is 27.6. The summed E-state index contributed by atoms with van der Waals surface area (Å²) in [5.41, 5.74) is 0.00922. The molecule has 0 N–H and O–H groups in total. The molecule has 0 radical (unpaired) electrons. The molecule has 8 rings (SSSR count). The molecule has 8 aromatic carbocycles. The molecule has 0 heterocycles. The third-order valence-corrected chi connectivity index (χ3v) is 10.7. The molecule has 0 atom stereocenters. The zero-order valence-corrected chi connectivity index (χ0v) is 24.4. The minimum atomic E-state index is -0.0192. The van der Waals surface area contributed by atoms with Crippen molar-refractivity contribution >= 4 is 139 Å². The molecule has 0 aliphatic carbocycles. The minimum absolute atomic E-state index is 0.0192. The first-order valence-electron chi connectivity index (χ1n) is 11.2. The van der Waals surface area contributed by atoms with Gasteiger partial charge in [0, 0.05) is 50.2 Å². The highest BCUT2D eigenvalue weighted by atomic mass is 79.9. The van der Waals surface area contributed by atoms with Crippen molar-refractivity contribution in [3.05, 3.63) is 99.0 Å². The van der Waals surface area contributed by atoms with E-state index in [0.29, 0.717) is 21.5 Å². The second-order valence-electron chi connectivity index (χ2n) is 9.27. The topological polar surface area (TPSA) is 34.1 Å². The van der Waals surface area contributed by atoms with Gasteiger partial charge in [0.1, 0.15) is 0 Å². The number of halogens is 4. The molecule has 0 spiro atoms. The summed E-state index contributed by atoms with van der Waals surface area (Å²) in [6, 6.07) is 20.3. The molecule has 0 aliphatic rings. The highest BCUT2D eigenvalue weighted by Crippen LogP contribution is 2.47. The maximum Gasteiger partial charge on any atom is 0.196 e. The van der Waals surface area contributed by atoms with E-state index in [0.717, 1.165) is 71.8 Å². The minimum Gasteiger partial charge on any atom is -0.289 e. The summed E-state index contributed by atoms with van der Waals surface area (Å²) >= 11 is 14.5. The molecule has 0 fully saturated rings. The van der Waals surface area contributed by atoms with Crippen molar-refractivity contribution < 1.29 is 0 Å². The Bertz CT molecular complexity index is 2400. The van der Waals surface area contributed by atoms with Crippen LogP contribution in [0.2, 0.25) is 0 Å². The van der Waals surface area contributed by atoms with Gasteiger partial charge in [-0.3, -0.25) is 9.59 Å². The van der Waals surface area contributed by atoms with Gasteiger partial charge in [0.05, 0.1) is 0 Å². The van der Waals surface area contributed by atoms with Crippen molar-refractivity contribution in [1.82, 2.24) is 0 Å². The van der Waals surface area contributed by atoms with Crippen LogP contribution in [0.15, 0.2) is 88.1 Å². The average molecular weight is 722 g/mol. The molecule has 2 nitrogen and oxygen atoms in total. The Kier molecular flexibility index (Phi) is 4.30. The standard InChI is InChI=1S/C30H10Br4O2/c31-13-2-4-14-17-8-12-9-21(33)27-25-18(15-5-6-20(32)28(34)26(15)30(27)36)7-11-1-3-16(29(35)19(14)10-13)24(17)22(11)23(12)25/h1-10H. The molecule has 0 aromatic heterocycles. The first-order valence-corrected chi connectivity index (χ1v) is 14.4. The van der Waals surface area contributed by atoms with Crippen LogP contribution in [0, 0.1) is 0 Å². The van der Waals surface area contributed by atoms with Crippen LogP contribution in [0.5, 0.6) is 0 Å². The molecule has 36 heavy (non-hydrogen) atoms. The van der Waals surface area contributed by atoms with E-state index in [1.165, 1.54) is 0 Å². The fourth-order valence-corrected chi connectivity index (χ4v) is 7.95. The summed E-state index contributed by atoms with van der Waals surface area (Å²) in [6.45, 7) is 0. The van der Waals surface area contributed by atoms with Crippen LogP contribution in [0.1, 0.15) is 0 Å².